The molecule has 1 aromatic carbocycles. The van der Waals surface area contributed by atoms with Gasteiger partial charge in [-0.05, 0) is 24.3 Å². The minimum atomic E-state index is -0.554. The number of nitriles is 1. The summed E-state index contributed by atoms with van der Waals surface area (Å²) in [5, 5.41) is 9.50. The molecule has 0 saturated carbocycles. The molecule has 0 aliphatic carbocycles. The third-order valence-electron chi connectivity index (χ3n) is 3.42. The number of H-pyrrole nitrogens is 1. The number of Topliss-reactive ketones (excluding diaryl/α,β-unsaturated/α-hetero) is 1. The number of carbonyl (C=O) groups is 1. The number of hydrogen-bond acceptors (Lipinski definition) is 6. The smallest absolute Gasteiger partial charge is 0.270 e. The van der Waals surface area contributed by atoms with Crippen molar-refractivity contribution >= 4 is 33.5 Å². The quantitative estimate of drug-likeness (QED) is 0.381. The van der Waals surface area contributed by atoms with Crippen molar-refractivity contribution in [1.29, 1.82) is 5.26 Å². The van der Waals surface area contributed by atoms with E-state index in [1.807, 2.05) is 6.07 Å². The van der Waals surface area contributed by atoms with Crippen LogP contribution in [0.1, 0.15) is 15.9 Å². The van der Waals surface area contributed by atoms with E-state index < -0.39 is 5.56 Å². The minimum absolute atomic E-state index is 0.0890. The maximum atomic E-state index is 12.3. The first-order chi connectivity index (χ1) is 12.6. The number of nitrogens with one attached hydrogen (secondary N) is 1. The van der Waals surface area contributed by atoms with Gasteiger partial charge in [-0.25, -0.2) is 4.98 Å². The number of ketones is 1. The van der Waals surface area contributed by atoms with Crippen LogP contribution in [0, 0.1) is 11.3 Å². The Kier molecular flexibility index (Phi) is 5.61. The van der Waals surface area contributed by atoms with E-state index in [1.54, 1.807) is 48.7 Å². The van der Waals surface area contributed by atoms with E-state index in [9.17, 15) is 14.9 Å². The molecule has 0 unspecified atom stereocenters. The molecule has 0 aliphatic heterocycles. The van der Waals surface area contributed by atoms with E-state index in [4.69, 9.17) is 0 Å². The van der Waals surface area contributed by atoms with E-state index in [-0.39, 0.29) is 27.9 Å². The van der Waals surface area contributed by atoms with Gasteiger partial charge in [-0.3, -0.25) is 14.6 Å². The molecular weight excluding hydrogens is 416 g/mol. The second-order valence-corrected chi connectivity index (χ2v) is 7.02. The fraction of sp³-hybridized carbons (Fsp3) is 0.0556. The second-order valence-electron chi connectivity index (χ2n) is 5.14. The Balaban J connectivity index is 1.86. The molecule has 2 aromatic heterocycles. The van der Waals surface area contributed by atoms with E-state index in [0.717, 1.165) is 16.2 Å². The van der Waals surface area contributed by atoms with Crippen molar-refractivity contribution in [1.82, 2.24) is 15.0 Å². The van der Waals surface area contributed by atoms with Crippen LogP contribution < -0.4 is 5.56 Å². The van der Waals surface area contributed by atoms with Crippen LogP contribution in [-0.4, -0.2) is 26.5 Å². The predicted octanol–water partition coefficient (Wildman–Crippen LogP) is 3.44. The van der Waals surface area contributed by atoms with Crippen molar-refractivity contribution in [2.24, 2.45) is 0 Å². The van der Waals surface area contributed by atoms with Gasteiger partial charge < -0.3 is 4.98 Å². The molecule has 0 aliphatic rings. The fourth-order valence-electron chi connectivity index (χ4n) is 2.17. The molecule has 0 saturated heterocycles. The first kappa shape index (κ1) is 18.0. The Morgan fingerprint density at radius 2 is 2.00 bits per heavy atom. The van der Waals surface area contributed by atoms with Crippen LogP contribution in [0.15, 0.2) is 63.1 Å². The lowest BCUT2D eigenvalue weighted by atomic mass is 10.2. The number of aromatic nitrogens is 3. The predicted molar refractivity (Wildman–Crippen MR) is 102 cm³/mol. The van der Waals surface area contributed by atoms with Gasteiger partial charge in [0.25, 0.3) is 5.56 Å². The van der Waals surface area contributed by atoms with E-state index in [1.165, 1.54) is 0 Å². The van der Waals surface area contributed by atoms with Gasteiger partial charge in [-0.15, -0.1) is 0 Å². The van der Waals surface area contributed by atoms with Gasteiger partial charge in [0.15, 0.2) is 10.9 Å². The second kappa shape index (κ2) is 8.08. The van der Waals surface area contributed by atoms with Crippen molar-refractivity contribution in [3.8, 4) is 17.5 Å². The van der Waals surface area contributed by atoms with Crippen LogP contribution in [-0.2, 0) is 0 Å². The summed E-state index contributed by atoms with van der Waals surface area (Å²) in [5.74, 6) is 0.0203. The maximum Gasteiger partial charge on any atom is 0.270 e. The summed E-state index contributed by atoms with van der Waals surface area (Å²) in [6.07, 6.45) is 1.56. The van der Waals surface area contributed by atoms with E-state index in [2.05, 4.69) is 30.9 Å². The lowest BCUT2D eigenvalue weighted by Gasteiger charge is -2.06. The van der Waals surface area contributed by atoms with E-state index in [0.29, 0.717) is 11.3 Å². The summed E-state index contributed by atoms with van der Waals surface area (Å²) in [5.41, 5.74) is 0.544. The molecule has 2 heterocycles. The van der Waals surface area contributed by atoms with Gasteiger partial charge in [-0.1, -0.05) is 45.9 Å². The van der Waals surface area contributed by atoms with Gasteiger partial charge in [0.2, 0.25) is 0 Å². The van der Waals surface area contributed by atoms with E-state index >= 15 is 0 Å². The first-order valence-corrected chi connectivity index (χ1v) is 9.23. The zero-order chi connectivity index (χ0) is 18.5. The molecule has 0 fully saturated rings. The Hall–Kier alpha value is -2.76. The molecule has 6 nitrogen and oxygen atoms in total. The van der Waals surface area contributed by atoms with Crippen molar-refractivity contribution < 1.29 is 4.79 Å². The lowest BCUT2D eigenvalue weighted by Crippen LogP contribution is -2.15. The fourth-order valence-corrected chi connectivity index (χ4v) is 3.19. The van der Waals surface area contributed by atoms with Crippen molar-refractivity contribution in [3.63, 3.8) is 0 Å². The number of pyridine rings is 1. The number of hydrogen-bond donors (Lipinski definition) is 1. The van der Waals surface area contributed by atoms with Crippen LogP contribution in [0.3, 0.4) is 0 Å². The minimum Gasteiger partial charge on any atom is -0.300 e. The molecule has 0 bridgehead atoms. The van der Waals surface area contributed by atoms with Gasteiger partial charge >= 0.3 is 0 Å². The SMILES string of the molecule is N#Cc1c(-c2ccccn2)nc(SCC(=O)c2ccc(Br)cc2)[nH]c1=O. The van der Waals surface area contributed by atoms with Crippen LogP contribution in [0.25, 0.3) is 11.4 Å². The highest BCUT2D eigenvalue weighted by molar-refractivity contribution is 9.10. The van der Waals surface area contributed by atoms with Crippen LogP contribution >= 0.6 is 27.7 Å². The van der Waals surface area contributed by atoms with Gasteiger partial charge in [0.05, 0.1) is 11.4 Å². The average molecular weight is 427 g/mol. The Morgan fingerprint density at radius 1 is 1.23 bits per heavy atom. The standard InChI is InChI=1S/C18H11BrN4O2S/c19-12-6-4-11(5-7-12)15(24)10-26-18-22-16(13(9-20)17(25)23-18)14-3-1-2-8-21-14/h1-8H,10H2,(H,22,23,25). The van der Waals surface area contributed by atoms with Crippen molar-refractivity contribution in [3.05, 3.63) is 74.6 Å². The first-order valence-electron chi connectivity index (χ1n) is 7.46. The number of nitrogens with zero attached hydrogens (tertiary/aromatic N) is 3. The highest BCUT2D eigenvalue weighted by Crippen LogP contribution is 2.21. The van der Waals surface area contributed by atoms with Crippen molar-refractivity contribution in [2.45, 2.75) is 5.16 Å². The van der Waals surface area contributed by atoms with Crippen LogP contribution in [0.5, 0.6) is 0 Å². The lowest BCUT2D eigenvalue weighted by molar-refractivity contribution is 0.102. The average Bonchev–Trinajstić information content (AvgIpc) is 2.67. The summed E-state index contributed by atoms with van der Waals surface area (Å²) in [4.78, 5) is 35.4. The summed E-state index contributed by atoms with van der Waals surface area (Å²) < 4.78 is 0.889. The zero-order valence-electron chi connectivity index (χ0n) is 13.3. The molecule has 8 heteroatoms. The number of benzene rings is 1. The molecule has 0 amide bonds. The normalized spacial score (nSPS) is 10.3. The third kappa shape index (κ3) is 4.07. The molecule has 0 radical (unpaired) electrons. The molecule has 1 N–H and O–H groups in total. The number of thioether (sulfide) groups is 1. The molecule has 0 atom stereocenters. The number of carbonyl (C=O) groups excluding carboxylic acids is 1. The molecule has 26 heavy (non-hydrogen) atoms. The third-order valence-corrected chi connectivity index (χ3v) is 4.83. The van der Waals surface area contributed by atoms with Crippen LogP contribution in [0.2, 0.25) is 0 Å². The Labute approximate surface area is 161 Å². The number of halogens is 1. The summed E-state index contributed by atoms with van der Waals surface area (Å²) in [7, 11) is 0. The molecule has 0 spiro atoms. The zero-order valence-corrected chi connectivity index (χ0v) is 15.7. The van der Waals surface area contributed by atoms with Gasteiger partial charge in [0.1, 0.15) is 17.3 Å². The monoisotopic (exact) mass is 426 g/mol. The largest absolute Gasteiger partial charge is 0.300 e. The summed E-state index contributed by atoms with van der Waals surface area (Å²) in [6.45, 7) is 0. The molecule has 3 aromatic rings. The summed E-state index contributed by atoms with van der Waals surface area (Å²) >= 11 is 4.43. The van der Waals surface area contributed by atoms with Gasteiger partial charge in [-0.2, -0.15) is 5.26 Å². The molecule has 3 rings (SSSR count). The van der Waals surface area contributed by atoms with Crippen LogP contribution in [0.4, 0.5) is 0 Å². The number of rotatable bonds is 5. The highest BCUT2D eigenvalue weighted by atomic mass is 79.9. The molecular formula is C18H11BrN4O2S. The topological polar surface area (TPSA) is 99.5 Å². The highest BCUT2D eigenvalue weighted by Gasteiger charge is 2.15. The molecule has 128 valence electrons. The van der Waals surface area contributed by atoms with Crippen molar-refractivity contribution in [2.75, 3.05) is 5.75 Å². The summed E-state index contributed by atoms with van der Waals surface area (Å²) in [6, 6.07) is 14.0. The Morgan fingerprint density at radius 3 is 2.65 bits per heavy atom. The maximum absolute atomic E-state index is 12.3. The number of aromatic amines is 1. The Bertz CT molecular complexity index is 1040. The van der Waals surface area contributed by atoms with Gasteiger partial charge in [0, 0.05) is 16.2 Å².